The summed E-state index contributed by atoms with van der Waals surface area (Å²) in [6.07, 6.45) is 11.7. The molecule has 1 saturated heterocycles. The first-order valence-corrected chi connectivity index (χ1v) is 8.93. The maximum Gasteiger partial charge on any atom is 0.139 e. The van der Waals surface area contributed by atoms with Gasteiger partial charge >= 0.3 is 0 Å². The van der Waals surface area contributed by atoms with E-state index in [1.807, 2.05) is 0 Å². The third kappa shape index (κ3) is 1.46. The largest absolute Gasteiger partial charge is 0.365 e. The van der Waals surface area contributed by atoms with Gasteiger partial charge in [0.05, 0.1) is 6.10 Å². The van der Waals surface area contributed by atoms with Crippen molar-refractivity contribution in [2.75, 3.05) is 0 Å². The SMILES string of the molecule is C[C@]12CC[C@H]3O[C@H]3C1=CC[C@@H]1[C@@H]2CC[C@]2(C)C(=O)CC[C@@H]12. The quantitative estimate of drug-likeness (QED) is 0.499. The van der Waals surface area contributed by atoms with Gasteiger partial charge < -0.3 is 4.74 Å². The van der Waals surface area contributed by atoms with Gasteiger partial charge in [0, 0.05) is 11.8 Å². The Hall–Kier alpha value is -0.630. The van der Waals surface area contributed by atoms with E-state index in [2.05, 4.69) is 19.9 Å². The molecule has 1 aliphatic heterocycles. The van der Waals surface area contributed by atoms with Crippen LogP contribution in [-0.2, 0) is 9.53 Å². The van der Waals surface area contributed by atoms with Crippen LogP contribution in [0.2, 0.25) is 0 Å². The van der Waals surface area contributed by atoms with Crippen LogP contribution in [0.25, 0.3) is 0 Å². The van der Waals surface area contributed by atoms with E-state index >= 15 is 0 Å². The number of carbonyl (C=O) groups excluding carboxylic acids is 1. The highest BCUT2D eigenvalue weighted by Gasteiger charge is 2.62. The van der Waals surface area contributed by atoms with Crippen molar-refractivity contribution >= 4 is 5.78 Å². The number of carbonyl (C=O) groups is 1. The maximum absolute atomic E-state index is 12.4. The molecule has 3 saturated carbocycles. The topological polar surface area (TPSA) is 29.6 Å². The molecule has 0 radical (unpaired) electrons. The predicted molar refractivity (Wildman–Crippen MR) is 80.8 cm³/mol. The first kappa shape index (κ1) is 12.9. The number of hydrogen-bond donors (Lipinski definition) is 0. The minimum Gasteiger partial charge on any atom is -0.365 e. The van der Waals surface area contributed by atoms with E-state index in [-0.39, 0.29) is 5.41 Å². The predicted octanol–water partition coefficient (Wildman–Crippen LogP) is 3.90. The molecular formula is C19H26O2. The zero-order valence-corrected chi connectivity index (χ0v) is 13.2. The van der Waals surface area contributed by atoms with E-state index in [0.29, 0.717) is 29.3 Å². The normalized spacial score (nSPS) is 57.7. The summed E-state index contributed by atoms with van der Waals surface area (Å²) in [5.41, 5.74) is 2.01. The van der Waals surface area contributed by atoms with Gasteiger partial charge in [-0.05, 0) is 67.3 Å². The van der Waals surface area contributed by atoms with Gasteiger partial charge in [0.2, 0.25) is 0 Å². The zero-order valence-electron chi connectivity index (χ0n) is 13.2. The standard InChI is InChI=1S/C19H26O2/c1-18-10-8-15-17(21-15)14(18)4-3-11-12-5-6-16(20)19(12,2)9-7-13(11)18/h4,11-13,15,17H,3,5-10H2,1-2H3/t11-,12-,13-,15+,17-,18+,19-/m0/s1. The zero-order chi connectivity index (χ0) is 14.4. The molecule has 4 aliphatic carbocycles. The fourth-order valence-electron chi connectivity index (χ4n) is 6.74. The van der Waals surface area contributed by atoms with Gasteiger partial charge in [0.1, 0.15) is 11.9 Å². The average Bonchev–Trinajstić information content (AvgIpc) is 3.18. The summed E-state index contributed by atoms with van der Waals surface area (Å²) in [7, 11) is 0. The highest BCUT2D eigenvalue weighted by atomic mass is 16.6. The van der Waals surface area contributed by atoms with E-state index < -0.39 is 0 Å². The lowest BCUT2D eigenvalue weighted by Crippen LogP contribution is -2.50. The van der Waals surface area contributed by atoms with Crippen LogP contribution < -0.4 is 0 Å². The second kappa shape index (κ2) is 3.82. The van der Waals surface area contributed by atoms with Crippen LogP contribution in [0.4, 0.5) is 0 Å². The van der Waals surface area contributed by atoms with Crippen LogP contribution >= 0.6 is 0 Å². The van der Waals surface area contributed by atoms with Crippen molar-refractivity contribution < 1.29 is 9.53 Å². The van der Waals surface area contributed by atoms with Crippen molar-refractivity contribution in [3.63, 3.8) is 0 Å². The summed E-state index contributed by atoms with van der Waals surface area (Å²) < 4.78 is 5.89. The van der Waals surface area contributed by atoms with Crippen LogP contribution in [0.5, 0.6) is 0 Å². The number of ketones is 1. The molecule has 0 spiro atoms. The van der Waals surface area contributed by atoms with E-state index in [9.17, 15) is 4.79 Å². The molecule has 114 valence electrons. The fourth-order valence-corrected chi connectivity index (χ4v) is 6.74. The van der Waals surface area contributed by atoms with Gasteiger partial charge in [-0.15, -0.1) is 0 Å². The van der Waals surface area contributed by atoms with E-state index in [4.69, 9.17) is 4.74 Å². The second-order valence-corrected chi connectivity index (χ2v) is 8.74. The third-order valence-corrected chi connectivity index (χ3v) is 8.07. The van der Waals surface area contributed by atoms with Crippen molar-refractivity contribution in [2.24, 2.45) is 28.6 Å². The number of rotatable bonds is 0. The summed E-state index contributed by atoms with van der Waals surface area (Å²) in [6.45, 7) is 4.78. The Kier molecular flexibility index (Phi) is 2.34. The number of ether oxygens (including phenoxy) is 1. The van der Waals surface area contributed by atoms with Crippen molar-refractivity contribution in [1.29, 1.82) is 0 Å². The summed E-state index contributed by atoms with van der Waals surface area (Å²) in [4.78, 5) is 12.4. The Bertz CT molecular complexity index is 550. The summed E-state index contributed by atoms with van der Waals surface area (Å²) >= 11 is 0. The lowest BCUT2D eigenvalue weighted by Gasteiger charge is -2.55. The average molecular weight is 286 g/mol. The second-order valence-electron chi connectivity index (χ2n) is 8.74. The Morgan fingerprint density at radius 1 is 1.10 bits per heavy atom. The van der Waals surface area contributed by atoms with Crippen LogP contribution in [0.15, 0.2) is 11.6 Å². The molecule has 0 bridgehead atoms. The Balaban J connectivity index is 1.54. The van der Waals surface area contributed by atoms with E-state index in [1.165, 1.54) is 25.7 Å². The number of epoxide rings is 1. The Morgan fingerprint density at radius 2 is 1.86 bits per heavy atom. The van der Waals surface area contributed by atoms with E-state index in [1.54, 1.807) is 5.57 Å². The number of hydrogen-bond acceptors (Lipinski definition) is 2. The molecule has 0 aromatic carbocycles. The summed E-state index contributed by atoms with van der Waals surface area (Å²) in [6, 6.07) is 0. The highest BCUT2D eigenvalue weighted by molar-refractivity contribution is 5.87. The first-order valence-electron chi connectivity index (χ1n) is 8.93. The molecule has 0 amide bonds. The number of allylic oxidation sites excluding steroid dienone is 1. The minimum atomic E-state index is 0.0101. The lowest BCUT2D eigenvalue weighted by molar-refractivity contribution is -0.131. The molecule has 0 unspecified atom stereocenters. The summed E-state index contributed by atoms with van der Waals surface area (Å²) in [5, 5.41) is 0. The van der Waals surface area contributed by atoms with Gasteiger partial charge in [0.15, 0.2) is 0 Å². The van der Waals surface area contributed by atoms with Crippen molar-refractivity contribution in [1.82, 2.24) is 0 Å². The van der Waals surface area contributed by atoms with Crippen LogP contribution in [-0.4, -0.2) is 18.0 Å². The van der Waals surface area contributed by atoms with Crippen molar-refractivity contribution in [3.05, 3.63) is 11.6 Å². The molecule has 0 aromatic rings. The van der Waals surface area contributed by atoms with Gasteiger partial charge in [-0.3, -0.25) is 4.79 Å². The van der Waals surface area contributed by atoms with Gasteiger partial charge in [-0.1, -0.05) is 19.9 Å². The van der Waals surface area contributed by atoms with E-state index in [0.717, 1.165) is 31.1 Å². The molecule has 5 aliphatic rings. The molecule has 0 N–H and O–H groups in total. The molecular weight excluding hydrogens is 260 g/mol. The highest BCUT2D eigenvalue weighted by Crippen LogP contribution is 2.65. The third-order valence-electron chi connectivity index (χ3n) is 8.07. The van der Waals surface area contributed by atoms with Gasteiger partial charge in [-0.2, -0.15) is 0 Å². The van der Waals surface area contributed by atoms with Gasteiger partial charge in [0.25, 0.3) is 0 Å². The molecule has 7 atom stereocenters. The summed E-state index contributed by atoms with van der Waals surface area (Å²) in [5.74, 6) is 2.75. The molecule has 4 fully saturated rings. The molecule has 1 heterocycles. The van der Waals surface area contributed by atoms with Crippen LogP contribution in [0, 0.1) is 28.6 Å². The molecule has 5 rings (SSSR count). The molecule has 2 heteroatoms. The Labute approximate surface area is 127 Å². The molecule has 2 nitrogen and oxygen atoms in total. The van der Waals surface area contributed by atoms with Crippen molar-refractivity contribution in [2.45, 2.75) is 71.0 Å². The minimum absolute atomic E-state index is 0.0101. The maximum atomic E-state index is 12.4. The smallest absolute Gasteiger partial charge is 0.139 e. The monoisotopic (exact) mass is 286 g/mol. The van der Waals surface area contributed by atoms with Crippen LogP contribution in [0.1, 0.15) is 58.8 Å². The fraction of sp³-hybridized carbons (Fsp3) is 0.842. The number of fused-ring (bicyclic) bond motifs is 7. The number of Topliss-reactive ketones (excluding diaryl/α,β-unsaturated/α-hetero) is 1. The molecule has 0 aromatic heterocycles. The van der Waals surface area contributed by atoms with Crippen LogP contribution in [0.3, 0.4) is 0 Å². The first-order chi connectivity index (χ1) is 10.0. The Morgan fingerprint density at radius 3 is 2.71 bits per heavy atom. The molecule has 21 heavy (non-hydrogen) atoms. The van der Waals surface area contributed by atoms with Gasteiger partial charge in [-0.25, -0.2) is 0 Å². The van der Waals surface area contributed by atoms with Crippen molar-refractivity contribution in [3.8, 4) is 0 Å². The lowest BCUT2D eigenvalue weighted by atomic mass is 9.48.